The lowest BCUT2D eigenvalue weighted by Crippen LogP contribution is -2.44. The zero-order chi connectivity index (χ0) is 11.8. The lowest BCUT2D eigenvalue weighted by Gasteiger charge is -2.34. The Labute approximate surface area is 105 Å². The van der Waals surface area contributed by atoms with Crippen molar-refractivity contribution in [3.63, 3.8) is 0 Å². The van der Waals surface area contributed by atoms with E-state index in [2.05, 4.69) is 12.2 Å². The van der Waals surface area contributed by atoms with Crippen LogP contribution in [-0.2, 0) is 0 Å². The molecule has 3 aliphatic carbocycles. The molecule has 6 atom stereocenters. The molecular weight excluding hydrogens is 210 g/mol. The van der Waals surface area contributed by atoms with Gasteiger partial charge in [-0.1, -0.05) is 13.3 Å². The van der Waals surface area contributed by atoms with Gasteiger partial charge < -0.3 is 10.4 Å². The molecule has 0 aromatic carbocycles. The summed E-state index contributed by atoms with van der Waals surface area (Å²) in [4.78, 5) is 0. The average Bonchev–Trinajstić information content (AvgIpc) is 2.99. The number of hydrogen-bond donors (Lipinski definition) is 2. The van der Waals surface area contributed by atoms with Crippen LogP contribution in [0.25, 0.3) is 0 Å². The molecule has 2 N–H and O–H groups in total. The van der Waals surface area contributed by atoms with Gasteiger partial charge in [0.2, 0.25) is 0 Å². The zero-order valence-electron chi connectivity index (χ0n) is 11.1. The summed E-state index contributed by atoms with van der Waals surface area (Å²) in [5.41, 5.74) is 0. The summed E-state index contributed by atoms with van der Waals surface area (Å²) >= 11 is 0. The Hall–Kier alpha value is -0.0800. The van der Waals surface area contributed by atoms with Crippen LogP contribution in [0.1, 0.15) is 51.9 Å². The molecule has 3 saturated carbocycles. The molecule has 0 saturated heterocycles. The molecule has 2 bridgehead atoms. The predicted molar refractivity (Wildman–Crippen MR) is 69.8 cm³/mol. The van der Waals surface area contributed by atoms with E-state index in [-0.39, 0.29) is 0 Å². The molecule has 0 aromatic heterocycles. The molecule has 2 heteroatoms. The van der Waals surface area contributed by atoms with Gasteiger partial charge in [-0.15, -0.1) is 0 Å². The van der Waals surface area contributed by atoms with Gasteiger partial charge in [0, 0.05) is 18.7 Å². The minimum absolute atomic E-state index is 0.332. The SMILES string of the molecule is CCC(CCO)NC1CC2CC1C1CCCC21. The third-order valence-corrected chi connectivity index (χ3v) is 5.85. The standard InChI is InChI=1S/C15H27NO/c1-2-11(6-7-17)16-15-9-10-8-14(15)13-5-3-4-12(10)13/h10-17H,2-9H2,1H3. The Morgan fingerprint density at radius 3 is 2.76 bits per heavy atom. The Morgan fingerprint density at radius 1 is 1.18 bits per heavy atom. The number of rotatable bonds is 5. The topological polar surface area (TPSA) is 32.3 Å². The third-order valence-electron chi connectivity index (χ3n) is 5.85. The highest BCUT2D eigenvalue weighted by atomic mass is 16.3. The highest BCUT2D eigenvalue weighted by molar-refractivity contribution is 5.05. The van der Waals surface area contributed by atoms with Crippen LogP contribution in [0.15, 0.2) is 0 Å². The van der Waals surface area contributed by atoms with E-state index >= 15 is 0 Å². The van der Waals surface area contributed by atoms with Crippen LogP contribution in [0, 0.1) is 23.7 Å². The van der Waals surface area contributed by atoms with Gasteiger partial charge in [-0.25, -0.2) is 0 Å². The first kappa shape index (κ1) is 12.0. The second-order valence-electron chi connectivity index (χ2n) is 6.54. The summed E-state index contributed by atoms with van der Waals surface area (Å²) in [5.74, 6) is 4.16. The first-order valence-electron chi connectivity index (χ1n) is 7.70. The van der Waals surface area contributed by atoms with Gasteiger partial charge in [0.25, 0.3) is 0 Å². The number of hydrogen-bond acceptors (Lipinski definition) is 2. The number of nitrogens with one attached hydrogen (secondary N) is 1. The van der Waals surface area contributed by atoms with Crippen LogP contribution in [0.4, 0.5) is 0 Å². The van der Waals surface area contributed by atoms with E-state index < -0.39 is 0 Å². The summed E-state index contributed by atoms with van der Waals surface area (Å²) in [6.07, 6.45) is 9.52. The lowest BCUT2D eigenvalue weighted by atomic mass is 9.79. The first-order valence-corrected chi connectivity index (χ1v) is 7.70. The lowest BCUT2D eigenvalue weighted by molar-refractivity contribution is 0.184. The molecule has 3 aliphatic rings. The molecule has 3 rings (SSSR count). The van der Waals surface area contributed by atoms with Gasteiger partial charge in [0.15, 0.2) is 0 Å². The summed E-state index contributed by atoms with van der Waals surface area (Å²) in [5, 5.41) is 12.9. The largest absolute Gasteiger partial charge is 0.396 e. The van der Waals surface area contributed by atoms with Gasteiger partial charge in [-0.05, 0) is 62.2 Å². The van der Waals surface area contributed by atoms with Crippen molar-refractivity contribution in [2.75, 3.05) is 6.61 Å². The van der Waals surface area contributed by atoms with Gasteiger partial charge in [-0.3, -0.25) is 0 Å². The van der Waals surface area contributed by atoms with Crippen molar-refractivity contribution in [3.05, 3.63) is 0 Å². The molecular formula is C15H27NO. The fourth-order valence-electron chi connectivity index (χ4n) is 5.12. The quantitative estimate of drug-likeness (QED) is 0.770. The van der Waals surface area contributed by atoms with Crippen molar-refractivity contribution in [3.8, 4) is 0 Å². The molecule has 2 nitrogen and oxygen atoms in total. The van der Waals surface area contributed by atoms with E-state index in [4.69, 9.17) is 5.11 Å². The van der Waals surface area contributed by atoms with Crippen LogP contribution in [0.3, 0.4) is 0 Å². The maximum absolute atomic E-state index is 9.08. The van der Waals surface area contributed by atoms with Crippen LogP contribution in [-0.4, -0.2) is 23.8 Å². The van der Waals surface area contributed by atoms with Gasteiger partial charge in [-0.2, -0.15) is 0 Å². The second kappa shape index (κ2) is 4.89. The van der Waals surface area contributed by atoms with Gasteiger partial charge in [0.1, 0.15) is 0 Å². The summed E-state index contributed by atoms with van der Waals surface area (Å²) in [6, 6.07) is 1.32. The van der Waals surface area contributed by atoms with Crippen LogP contribution in [0.5, 0.6) is 0 Å². The molecule has 6 unspecified atom stereocenters. The summed E-state index contributed by atoms with van der Waals surface area (Å²) in [7, 11) is 0. The molecule has 0 aliphatic heterocycles. The normalized spacial score (nSPS) is 45.2. The number of aliphatic hydroxyl groups is 1. The molecule has 0 heterocycles. The molecule has 3 fully saturated rings. The maximum atomic E-state index is 9.08. The molecule has 0 spiro atoms. The monoisotopic (exact) mass is 237 g/mol. The van der Waals surface area contributed by atoms with Crippen molar-refractivity contribution < 1.29 is 5.11 Å². The van der Waals surface area contributed by atoms with Crippen LogP contribution < -0.4 is 5.32 Å². The zero-order valence-corrected chi connectivity index (χ0v) is 11.1. The number of fused-ring (bicyclic) bond motifs is 5. The van der Waals surface area contributed by atoms with Crippen LogP contribution in [0.2, 0.25) is 0 Å². The third kappa shape index (κ3) is 2.04. The Bertz CT molecular complexity index is 268. The van der Waals surface area contributed by atoms with E-state index in [1.165, 1.54) is 32.1 Å². The van der Waals surface area contributed by atoms with Crippen molar-refractivity contribution in [1.82, 2.24) is 5.32 Å². The maximum Gasteiger partial charge on any atom is 0.0445 e. The molecule has 0 amide bonds. The van der Waals surface area contributed by atoms with E-state index in [0.29, 0.717) is 12.6 Å². The van der Waals surface area contributed by atoms with Crippen molar-refractivity contribution in [1.29, 1.82) is 0 Å². The fraction of sp³-hybridized carbons (Fsp3) is 1.00. The Balaban J connectivity index is 1.59. The molecule has 0 aromatic rings. The second-order valence-corrected chi connectivity index (χ2v) is 6.54. The molecule has 0 radical (unpaired) electrons. The molecule has 98 valence electrons. The minimum Gasteiger partial charge on any atom is -0.396 e. The minimum atomic E-state index is 0.332. The van der Waals surface area contributed by atoms with Crippen molar-refractivity contribution >= 4 is 0 Å². The van der Waals surface area contributed by atoms with E-state index in [1.807, 2.05) is 0 Å². The van der Waals surface area contributed by atoms with Crippen LogP contribution >= 0.6 is 0 Å². The molecule has 17 heavy (non-hydrogen) atoms. The van der Waals surface area contributed by atoms with E-state index in [9.17, 15) is 0 Å². The fourth-order valence-corrected chi connectivity index (χ4v) is 5.12. The Kier molecular flexibility index (Phi) is 3.45. The van der Waals surface area contributed by atoms with Crippen molar-refractivity contribution in [2.24, 2.45) is 23.7 Å². The highest BCUT2D eigenvalue weighted by Gasteiger charge is 2.53. The number of aliphatic hydroxyl groups excluding tert-OH is 1. The van der Waals surface area contributed by atoms with Gasteiger partial charge in [0.05, 0.1) is 0 Å². The Morgan fingerprint density at radius 2 is 2.00 bits per heavy atom. The smallest absolute Gasteiger partial charge is 0.0445 e. The van der Waals surface area contributed by atoms with E-state index in [1.54, 1.807) is 0 Å². The average molecular weight is 237 g/mol. The van der Waals surface area contributed by atoms with Crippen molar-refractivity contribution in [2.45, 2.75) is 64.0 Å². The first-order chi connectivity index (χ1) is 8.33. The predicted octanol–water partition coefficient (Wildman–Crippen LogP) is 2.56. The van der Waals surface area contributed by atoms with Gasteiger partial charge >= 0.3 is 0 Å². The van der Waals surface area contributed by atoms with E-state index in [0.717, 1.165) is 42.6 Å². The summed E-state index contributed by atoms with van der Waals surface area (Å²) < 4.78 is 0. The highest BCUT2D eigenvalue weighted by Crippen LogP contribution is 2.58. The summed E-state index contributed by atoms with van der Waals surface area (Å²) in [6.45, 7) is 2.57.